The summed E-state index contributed by atoms with van der Waals surface area (Å²) in [6.07, 6.45) is 0.0268. The van der Waals surface area contributed by atoms with Crippen LogP contribution in [0.15, 0.2) is 42.5 Å². The van der Waals surface area contributed by atoms with E-state index in [2.05, 4.69) is 93.6 Å². The molecule has 1 aliphatic rings. The van der Waals surface area contributed by atoms with Crippen LogP contribution in [0.3, 0.4) is 0 Å². The van der Waals surface area contributed by atoms with E-state index in [4.69, 9.17) is 18.5 Å². The molecule has 2 aromatic rings. The van der Waals surface area contributed by atoms with Crippen molar-refractivity contribution in [2.24, 2.45) is 0 Å². The molecule has 1 unspecified atom stereocenters. The van der Waals surface area contributed by atoms with Gasteiger partial charge in [-0.25, -0.2) is 0 Å². The predicted octanol–water partition coefficient (Wildman–Crippen LogP) is 6.61. The first-order chi connectivity index (χ1) is 17.4. The maximum atomic E-state index is 10.9. The van der Waals surface area contributed by atoms with Gasteiger partial charge >= 0.3 is 7.12 Å². The van der Waals surface area contributed by atoms with E-state index in [9.17, 15) is 5.11 Å². The van der Waals surface area contributed by atoms with Crippen LogP contribution >= 0.6 is 0 Å². The van der Waals surface area contributed by atoms with Gasteiger partial charge in [0.1, 0.15) is 12.4 Å². The van der Waals surface area contributed by atoms with Gasteiger partial charge in [-0.3, -0.25) is 0 Å². The molecule has 0 bridgehead atoms. The average Bonchev–Trinajstić information content (AvgIpc) is 3.02. The van der Waals surface area contributed by atoms with E-state index in [0.29, 0.717) is 25.6 Å². The summed E-state index contributed by atoms with van der Waals surface area (Å²) in [5.74, 6) is 1.17. The van der Waals surface area contributed by atoms with Crippen molar-refractivity contribution < 1.29 is 23.6 Å². The number of hydrogen-bond donors (Lipinski definition) is 1. The Morgan fingerprint density at radius 1 is 0.947 bits per heavy atom. The highest BCUT2D eigenvalue weighted by atomic mass is 28.4. The Morgan fingerprint density at radius 3 is 2.05 bits per heavy atom. The molecule has 0 saturated carbocycles. The van der Waals surface area contributed by atoms with Gasteiger partial charge in [0.25, 0.3) is 0 Å². The zero-order chi connectivity index (χ0) is 28.5. The normalized spacial score (nSPS) is 18.2. The monoisotopic (exact) mass is 540 g/mol. The number of hydrogen-bond acceptors (Lipinski definition) is 5. The number of ether oxygens (including phenoxy) is 1. The van der Waals surface area contributed by atoms with Crippen molar-refractivity contribution in [3.63, 3.8) is 0 Å². The van der Waals surface area contributed by atoms with Gasteiger partial charge in [-0.1, -0.05) is 65.0 Å². The molecular weight excluding hydrogens is 491 g/mol. The first-order valence-electron chi connectivity index (χ1n) is 13.9. The molecule has 3 rings (SSSR count). The maximum absolute atomic E-state index is 10.9. The van der Waals surface area contributed by atoms with Crippen molar-refractivity contribution in [2.45, 2.75) is 117 Å². The quantitative estimate of drug-likeness (QED) is 0.344. The average molecular weight is 541 g/mol. The van der Waals surface area contributed by atoms with E-state index in [1.807, 2.05) is 24.3 Å². The fourth-order valence-electron chi connectivity index (χ4n) is 4.19. The predicted molar refractivity (Wildman–Crippen MR) is 160 cm³/mol. The van der Waals surface area contributed by atoms with Crippen molar-refractivity contribution in [3.05, 3.63) is 59.2 Å². The molecule has 0 aromatic heterocycles. The lowest BCUT2D eigenvalue weighted by atomic mass is 9.79. The second kappa shape index (κ2) is 11.5. The minimum absolute atomic E-state index is 0.121. The van der Waals surface area contributed by atoms with Gasteiger partial charge in [-0.15, -0.1) is 0 Å². The molecule has 0 amide bonds. The van der Waals surface area contributed by atoms with Crippen LogP contribution in [0.25, 0.3) is 0 Å². The summed E-state index contributed by atoms with van der Waals surface area (Å²) in [5.41, 5.74) is 3.75. The Morgan fingerprint density at radius 2 is 1.53 bits per heavy atom. The van der Waals surface area contributed by atoms with Crippen LogP contribution in [0.1, 0.15) is 84.9 Å². The van der Waals surface area contributed by atoms with E-state index in [1.54, 1.807) is 0 Å². The Hall–Kier alpha value is -1.64. The van der Waals surface area contributed by atoms with Crippen LogP contribution in [0.2, 0.25) is 18.1 Å². The molecule has 1 saturated heterocycles. The lowest BCUT2D eigenvalue weighted by Gasteiger charge is -2.36. The van der Waals surface area contributed by atoms with Gasteiger partial charge in [0.2, 0.25) is 0 Å². The molecule has 1 heterocycles. The minimum atomic E-state index is -1.90. The Labute approximate surface area is 232 Å². The van der Waals surface area contributed by atoms with Gasteiger partial charge in [0.15, 0.2) is 8.32 Å². The number of aliphatic hydroxyl groups excluding tert-OH is 1. The van der Waals surface area contributed by atoms with Gasteiger partial charge in [-0.2, -0.15) is 0 Å². The van der Waals surface area contributed by atoms with Crippen LogP contribution in [-0.4, -0.2) is 44.5 Å². The summed E-state index contributed by atoms with van der Waals surface area (Å²) >= 11 is 0. The van der Waals surface area contributed by atoms with E-state index >= 15 is 0 Å². The van der Waals surface area contributed by atoms with E-state index in [0.717, 1.165) is 22.3 Å². The molecule has 1 atom stereocenters. The first kappa shape index (κ1) is 30.9. The fraction of sp³-hybridized carbons (Fsp3) is 0.613. The first-order valence-corrected chi connectivity index (χ1v) is 16.8. The van der Waals surface area contributed by atoms with Crippen LogP contribution in [0, 0.1) is 0 Å². The summed E-state index contributed by atoms with van der Waals surface area (Å²) in [7, 11) is -2.29. The molecule has 0 spiro atoms. The fourth-order valence-corrected chi connectivity index (χ4v) is 5.23. The van der Waals surface area contributed by atoms with Gasteiger partial charge in [0, 0.05) is 6.42 Å². The lowest BCUT2D eigenvalue weighted by molar-refractivity contribution is 0.00578. The zero-order valence-electron chi connectivity index (χ0n) is 25.5. The third-order valence-corrected chi connectivity index (χ3v) is 13.0. The molecule has 1 fully saturated rings. The summed E-state index contributed by atoms with van der Waals surface area (Å²) in [5, 5.41) is 11.0. The minimum Gasteiger partial charge on any atom is -0.489 e. The summed E-state index contributed by atoms with van der Waals surface area (Å²) in [6.45, 7) is 24.5. The molecule has 5 nitrogen and oxygen atoms in total. The Kier molecular flexibility index (Phi) is 9.32. The SMILES string of the molecule is CC(C)c1ccc(COc2ccc(B3OC(C)(C)C(C)(C)O3)cc2)cc1CC(O)CO[Si](C)(C)C(C)(C)C. The van der Waals surface area contributed by atoms with E-state index < -0.39 is 14.4 Å². The Balaban J connectivity index is 1.63. The van der Waals surface area contributed by atoms with Crippen LogP contribution in [-0.2, 0) is 26.8 Å². The second-order valence-electron chi connectivity index (χ2n) is 13.6. The zero-order valence-corrected chi connectivity index (χ0v) is 26.5. The van der Waals surface area contributed by atoms with Crippen LogP contribution in [0.5, 0.6) is 5.75 Å². The molecule has 210 valence electrons. The molecule has 1 N–H and O–H groups in total. The van der Waals surface area contributed by atoms with Crippen LogP contribution in [0.4, 0.5) is 0 Å². The number of aliphatic hydroxyl groups is 1. The largest absolute Gasteiger partial charge is 0.494 e. The highest BCUT2D eigenvalue weighted by Gasteiger charge is 2.51. The number of rotatable bonds is 10. The van der Waals surface area contributed by atoms with Gasteiger partial charge in [0.05, 0.1) is 23.9 Å². The number of benzene rings is 2. The standard InChI is InChI=1S/C31H49BO5Si/c1-22(2)28-17-12-23(18-24(28)19-26(33)21-35-38(10,11)29(3,4)5)20-34-27-15-13-25(14-16-27)32-36-30(6,7)31(8,9)37-32/h12-18,22,26,33H,19-21H2,1-11H3. The summed E-state index contributed by atoms with van der Waals surface area (Å²) in [4.78, 5) is 0. The topological polar surface area (TPSA) is 57.2 Å². The highest BCUT2D eigenvalue weighted by Crippen LogP contribution is 2.37. The summed E-state index contributed by atoms with van der Waals surface area (Å²) in [6, 6.07) is 14.4. The molecule has 0 aliphatic carbocycles. The van der Waals surface area contributed by atoms with Crippen molar-refractivity contribution in [3.8, 4) is 5.75 Å². The third kappa shape index (κ3) is 7.30. The van der Waals surface area contributed by atoms with Crippen LogP contribution < -0.4 is 10.2 Å². The van der Waals surface area contributed by atoms with Gasteiger partial charge < -0.3 is 23.6 Å². The third-order valence-electron chi connectivity index (χ3n) is 8.54. The highest BCUT2D eigenvalue weighted by molar-refractivity contribution is 6.74. The molecule has 38 heavy (non-hydrogen) atoms. The lowest BCUT2D eigenvalue weighted by Crippen LogP contribution is -2.42. The van der Waals surface area contributed by atoms with Gasteiger partial charge in [-0.05, 0) is 86.0 Å². The Bertz CT molecular complexity index is 1060. The molecule has 2 aromatic carbocycles. The van der Waals surface area contributed by atoms with Crippen molar-refractivity contribution in [1.82, 2.24) is 0 Å². The van der Waals surface area contributed by atoms with E-state index in [1.165, 1.54) is 5.56 Å². The maximum Gasteiger partial charge on any atom is 0.494 e. The van der Waals surface area contributed by atoms with E-state index in [-0.39, 0.29) is 23.4 Å². The molecule has 1 aliphatic heterocycles. The molecular formula is C31H49BO5Si. The molecule has 0 radical (unpaired) electrons. The second-order valence-corrected chi connectivity index (χ2v) is 18.4. The summed E-state index contributed by atoms with van der Waals surface area (Å²) < 4.78 is 24.7. The molecule has 7 heteroatoms. The van der Waals surface area contributed by atoms with Crippen molar-refractivity contribution >= 4 is 20.9 Å². The van der Waals surface area contributed by atoms with Crippen molar-refractivity contribution in [2.75, 3.05) is 6.61 Å². The van der Waals surface area contributed by atoms with Crippen molar-refractivity contribution in [1.29, 1.82) is 0 Å². The smallest absolute Gasteiger partial charge is 0.489 e.